The van der Waals surface area contributed by atoms with E-state index in [1.54, 1.807) is 0 Å². The number of nitrogens with zero attached hydrogens (tertiary/aromatic N) is 1. The number of hydrogen-bond donors (Lipinski definition) is 3. The number of rotatable bonds is 5. The Balaban J connectivity index is 1.78. The summed E-state index contributed by atoms with van der Waals surface area (Å²) in [5, 5.41) is 16.9. The molecular weight excluding hydrogens is 226 g/mol. The van der Waals surface area contributed by atoms with E-state index in [1.165, 1.54) is 19.3 Å². The molecule has 2 rings (SSSR count). The molecule has 0 amide bonds. The number of guanidine groups is 1. The summed E-state index contributed by atoms with van der Waals surface area (Å²) in [5.74, 6) is 1.69. The predicted molar refractivity (Wildman–Crippen MR) is 74.7 cm³/mol. The van der Waals surface area contributed by atoms with E-state index in [1.807, 2.05) is 0 Å². The van der Waals surface area contributed by atoms with E-state index in [4.69, 9.17) is 0 Å². The Labute approximate surface area is 110 Å². The van der Waals surface area contributed by atoms with Crippen LogP contribution < -0.4 is 10.6 Å². The molecule has 0 bridgehead atoms. The minimum absolute atomic E-state index is 0.535. The van der Waals surface area contributed by atoms with Crippen LogP contribution in [0.2, 0.25) is 0 Å². The molecule has 4 heteroatoms. The molecule has 0 unspecified atom stereocenters. The number of aliphatic hydroxyl groups is 1. The first-order valence-electron chi connectivity index (χ1n) is 7.46. The molecule has 3 N–H and O–H groups in total. The normalized spacial score (nSPS) is 23.8. The Bertz CT molecular complexity index is 281. The molecule has 0 aliphatic heterocycles. The highest BCUT2D eigenvalue weighted by molar-refractivity contribution is 5.79. The van der Waals surface area contributed by atoms with Crippen LogP contribution in [0.3, 0.4) is 0 Å². The summed E-state index contributed by atoms with van der Waals surface area (Å²) in [6, 6.07) is 0. The van der Waals surface area contributed by atoms with E-state index >= 15 is 0 Å². The van der Waals surface area contributed by atoms with E-state index in [0.29, 0.717) is 6.54 Å². The van der Waals surface area contributed by atoms with Crippen LogP contribution in [0, 0.1) is 5.92 Å². The molecule has 0 spiro atoms. The van der Waals surface area contributed by atoms with Crippen LogP contribution in [-0.4, -0.2) is 36.3 Å². The average Bonchev–Trinajstić information content (AvgIpc) is 2.71. The van der Waals surface area contributed by atoms with Crippen LogP contribution in [0.1, 0.15) is 51.9 Å². The lowest BCUT2D eigenvalue weighted by Gasteiger charge is -2.26. The van der Waals surface area contributed by atoms with Crippen molar-refractivity contribution in [3.05, 3.63) is 0 Å². The van der Waals surface area contributed by atoms with Gasteiger partial charge in [-0.3, -0.25) is 4.99 Å². The predicted octanol–water partition coefficient (Wildman–Crippen LogP) is 1.65. The molecule has 0 aromatic carbocycles. The molecule has 0 aromatic rings. The molecule has 0 atom stereocenters. The molecule has 0 heterocycles. The Hall–Kier alpha value is -0.770. The van der Waals surface area contributed by atoms with Crippen molar-refractivity contribution in [1.29, 1.82) is 0 Å². The highest BCUT2D eigenvalue weighted by atomic mass is 16.3. The Kier molecular flexibility index (Phi) is 4.87. The Morgan fingerprint density at radius 1 is 1.22 bits per heavy atom. The maximum Gasteiger partial charge on any atom is 0.191 e. The van der Waals surface area contributed by atoms with Gasteiger partial charge in [0, 0.05) is 13.1 Å². The molecule has 104 valence electrons. The summed E-state index contributed by atoms with van der Waals surface area (Å²) in [7, 11) is 0. The second-order valence-corrected chi connectivity index (χ2v) is 5.80. The van der Waals surface area contributed by atoms with Crippen molar-refractivity contribution in [2.75, 3.05) is 19.6 Å². The molecule has 2 aliphatic rings. The molecular formula is C14H27N3O. The fourth-order valence-corrected chi connectivity index (χ4v) is 2.70. The lowest BCUT2D eigenvalue weighted by Crippen LogP contribution is -2.42. The minimum Gasteiger partial charge on any atom is -0.388 e. The molecule has 2 saturated carbocycles. The summed E-state index contributed by atoms with van der Waals surface area (Å²) in [6.45, 7) is 4.50. The topological polar surface area (TPSA) is 56.7 Å². The van der Waals surface area contributed by atoms with Gasteiger partial charge in [-0.15, -0.1) is 0 Å². The van der Waals surface area contributed by atoms with Crippen molar-refractivity contribution in [1.82, 2.24) is 10.6 Å². The van der Waals surface area contributed by atoms with Gasteiger partial charge in [-0.2, -0.15) is 0 Å². The second-order valence-electron chi connectivity index (χ2n) is 5.80. The van der Waals surface area contributed by atoms with Crippen molar-refractivity contribution in [3.63, 3.8) is 0 Å². The fourth-order valence-electron chi connectivity index (χ4n) is 2.70. The van der Waals surface area contributed by atoms with Gasteiger partial charge in [0.15, 0.2) is 5.96 Å². The van der Waals surface area contributed by atoms with Crippen molar-refractivity contribution in [2.24, 2.45) is 10.9 Å². The minimum atomic E-state index is -0.543. The van der Waals surface area contributed by atoms with E-state index in [0.717, 1.165) is 50.7 Å². The van der Waals surface area contributed by atoms with Crippen LogP contribution in [0.5, 0.6) is 0 Å². The zero-order chi connectivity index (χ0) is 12.8. The van der Waals surface area contributed by atoms with Gasteiger partial charge < -0.3 is 15.7 Å². The summed E-state index contributed by atoms with van der Waals surface area (Å²) in [4.78, 5) is 4.54. The van der Waals surface area contributed by atoms with E-state index in [2.05, 4.69) is 22.5 Å². The lowest BCUT2D eigenvalue weighted by molar-refractivity contribution is 0.0574. The van der Waals surface area contributed by atoms with E-state index in [-0.39, 0.29) is 0 Å². The molecule has 0 radical (unpaired) electrons. The van der Waals surface area contributed by atoms with Crippen molar-refractivity contribution >= 4 is 5.96 Å². The van der Waals surface area contributed by atoms with Crippen LogP contribution in [0.15, 0.2) is 4.99 Å². The fraction of sp³-hybridized carbons (Fsp3) is 0.929. The van der Waals surface area contributed by atoms with Gasteiger partial charge in [0.2, 0.25) is 0 Å². The third-order valence-corrected chi connectivity index (χ3v) is 4.19. The van der Waals surface area contributed by atoms with Crippen molar-refractivity contribution in [3.8, 4) is 0 Å². The third kappa shape index (κ3) is 3.87. The Morgan fingerprint density at radius 2 is 1.94 bits per heavy atom. The first-order valence-corrected chi connectivity index (χ1v) is 7.46. The average molecular weight is 253 g/mol. The largest absolute Gasteiger partial charge is 0.388 e. The van der Waals surface area contributed by atoms with Crippen LogP contribution >= 0.6 is 0 Å². The number of nitrogens with one attached hydrogen (secondary N) is 2. The molecule has 4 nitrogen and oxygen atoms in total. The third-order valence-electron chi connectivity index (χ3n) is 4.19. The first kappa shape index (κ1) is 13.7. The SMILES string of the molecule is CCNC(=NCC1(O)CCCC1)NCC1CCC1. The lowest BCUT2D eigenvalue weighted by atomic mass is 9.85. The molecule has 0 saturated heterocycles. The van der Waals surface area contributed by atoms with Crippen LogP contribution in [0.25, 0.3) is 0 Å². The highest BCUT2D eigenvalue weighted by Crippen LogP contribution is 2.29. The van der Waals surface area contributed by atoms with Gasteiger partial charge in [0.25, 0.3) is 0 Å². The molecule has 18 heavy (non-hydrogen) atoms. The van der Waals surface area contributed by atoms with Gasteiger partial charge in [-0.25, -0.2) is 0 Å². The van der Waals surface area contributed by atoms with Gasteiger partial charge in [0.1, 0.15) is 0 Å². The summed E-state index contributed by atoms with van der Waals surface area (Å²) in [5.41, 5.74) is -0.543. The smallest absolute Gasteiger partial charge is 0.191 e. The van der Waals surface area contributed by atoms with Gasteiger partial charge >= 0.3 is 0 Å². The molecule has 2 aliphatic carbocycles. The van der Waals surface area contributed by atoms with E-state index in [9.17, 15) is 5.11 Å². The van der Waals surface area contributed by atoms with Crippen molar-refractivity contribution in [2.45, 2.75) is 57.5 Å². The maximum absolute atomic E-state index is 10.3. The summed E-state index contributed by atoms with van der Waals surface area (Å²) in [6.07, 6.45) is 8.14. The molecule has 2 fully saturated rings. The van der Waals surface area contributed by atoms with Crippen LogP contribution in [-0.2, 0) is 0 Å². The first-order chi connectivity index (χ1) is 8.72. The highest BCUT2D eigenvalue weighted by Gasteiger charge is 2.30. The maximum atomic E-state index is 10.3. The summed E-state index contributed by atoms with van der Waals surface area (Å²) < 4.78 is 0. The monoisotopic (exact) mass is 253 g/mol. The second kappa shape index (κ2) is 6.41. The number of aliphatic imine (C=N–C) groups is 1. The standard InChI is InChI=1S/C14H27N3O/c1-2-15-13(16-10-12-6-5-7-12)17-11-14(18)8-3-4-9-14/h12,18H,2-11H2,1H3,(H2,15,16,17). The van der Waals surface area contributed by atoms with Gasteiger partial charge in [-0.1, -0.05) is 19.3 Å². The van der Waals surface area contributed by atoms with Crippen molar-refractivity contribution < 1.29 is 5.11 Å². The summed E-state index contributed by atoms with van der Waals surface area (Å²) >= 11 is 0. The zero-order valence-electron chi connectivity index (χ0n) is 11.5. The molecule has 0 aromatic heterocycles. The van der Waals surface area contributed by atoms with Gasteiger partial charge in [0.05, 0.1) is 12.1 Å². The number of hydrogen-bond acceptors (Lipinski definition) is 2. The quantitative estimate of drug-likeness (QED) is 0.516. The van der Waals surface area contributed by atoms with Crippen LogP contribution in [0.4, 0.5) is 0 Å². The van der Waals surface area contributed by atoms with Gasteiger partial charge in [-0.05, 0) is 38.5 Å². The van der Waals surface area contributed by atoms with E-state index < -0.39 is 5.60 Å². The Morgan fingerprint density at radius 3 is 2.50 bits per heavy atom. The zero-order valence-corrected chi connectivity index (χ0v) is 11.5.